The molecule has 21 heavy (non-hydrogen) atoms. The molecule has 1 saturated carbocycles. The first-order chi connectivity index (χ1) is 10.3. The molecule has 2 aliphatic heterocycles. The Bertz CT molecular complexity index is 308. The molecule has 2 atom stereocenters. The third-order valence-corrected chi connectivity index (χ3v) is 8.17. The average Bonchev–Trinajstić information content (AvgIpc) is 3.02. The van der Waals surface area contributed by atoms with E-state index in [1.165, 1.54) is 68.6 Å². The van der Waals surface area contributed by atoms with Crippen molar-refractivity contribution in [2.75, 3.05) is 30.9 Å². The van der Waals surface area contributed by atoms with E-state index in [1.54, 1.807) is 0 Å². The van der Waals surface area contributed by atoms with Gasteiger partial charge in [0.15, 0.2) is 0 Å². The van der Waals surface area contributed by atoms with Crippen LogP contribution in [0.4, 0.5) is 0 Å². The van der Waals surface area contributed by atoms with Gasteiger partial charge in [-0.2, -0.15) is 23.5 Å². The Labute approximate surface area is 138 Å². The first kappa shape index (κ1) is 16.5. The third-order valence-electron chi connectivity index (χ3n) is 5.69. The summed E-state index contributed by atoms with van der Waals surface area (Å²) in [7, 11) is 2.17. The highest BCUT2D eigenvalue weighted by atomic mass is 32.2. The molecule has 0 aromatic heterocycles. The van der Waals surface area contributed by atoms with Crippen LogP contribution in [0, 0.1) is 5.92 Å². The molecular formula is C17H31NOS2. The maximum atomic E-state index is 6.26. The van der Waals surface area contributed by atoms with Gasteiger partial charge in [-0.25, -0.2) is 0 Å². The van der Waals surface area contributed by atoms with Gasteiger partial charge in [0.2, 0.25) is 0 Å². The van der Waals surface area contributed by atoms with E-state index >= 15 is 0 Å². The monoisotopic (exact) mass is 329 g/mol. The van der Waals surface area contributed by atoms with Crippen molar-refractivity contribution in [2.24, 2.45) is 5.92 Å². The number of thioether (sulfide) groups is 2. The van der Waals surface area contributed by atoms with Gasteiger partial charge in [-0.05, 0) is 63.0 Å². The topological polar surface area (TPSA) is 21.3 Å². The van der Waals surface area contributed by atoms with E-state index in [2.05, 4.69) is 35.9 Å². The molecular weight excluding hydrogens is 298 g/mol. The Balaban J connectivity index is 1.52. The summed E-state index contributed by atoms with van der Waals surface area (Å²) in [6.07, 6.45) is 10.9. The van der Waals surface area contributed by atoms with Crippen molar-refractivity contribution in [3.63, 3.8) is 0 Å². The summed E-state index contributed by atoms with van der Waals surface area (Å²) in [5, 5.41) is 4.58. The fraction of sp³-hybridized carbons (Fsp3) is 1.00. The highest BCUT2D eigenvalue weighted by Crippen LogP contribution is 2.41. The highest BCUT2D eigenvalue weighted by Gasteiger charge is 2.40. The normalized spacial score (nSPS) is 31.6. The molecule has 0 radical (unpaired) electrons. The van der Waals surface area contributed by atoms with Crippen molar-refractivity contribution in [1.29, 1.82) is 0 Å². The largest absolute Gasteiger partial charge is 0.375 e. The molecule has 0 bridgehead atoms. The predicted molar refractivity (Wildman–Crippen MR) is 95.5 cm³/mol. The zero-order chi connectivity index (χ0) is 14.5. The molecule has 0 aromatic rings. The molecule has 0 aromatic carbocycles. The SMILES string of the molecule is CNC(CSC1CCCC1)C1CCOC2(CCSCC2)C1. The van der Waals surface area contributed by atoms with Crippen LogP contribution in [0.1, 0.15) is 51.4 Å². The van der Waals surface area contributed by atoms with Gasteiger partial charge in [-0.15, -0.1) is 0 Å². The van der Waals surface area contributed by atoms with Crippen molar-refractivity contribution in [1.82, 2.24) is 5.32 Å². The molecule has 1 N–H and O–H groups in total. The second-order valence-electron chi connectivity index (χ2n) is 7.03. The van der Waals surface area contributed by atoms with E-state index in [-0.39, 0.29) is 5.60 Å². The van der Waals surface area contributed by atoms with Crippen LogP contribution in [0.15, 0.2) is 0 Å². The maximum Gasteiger partial charge on any atom is 0.0701 e. The van der Waals surface area contributed by atoms with Crippen LogP contribution < -0.4 is 5.32 Å². The van der Waals surface area contributed by atoms with Gasteiger partial charge in [0, 0.05) is 23.7 Å². The van der Waals surface area contributed by atoms with Crippen LogP contribution in [0.25, 0.3) is 0 Å². The standard InChI is InChI=1S/C17H31NOS2/c1-18-16(13-21-15-4-2-3-5-15)14-6-9-19-17(12-14)7-10-20-11-8-17/h14-16,18H,2-13H2,1H3. The van der Waals surface area contributed by atoms with Crippen LogP contribution in [-0.4, -0.2) is 47.8 Å². The lowest BCUT2D eigenvalue weighted by molar-refractivity contribution is -0.105. The second kappa shape index (κ2) is 7.94. The van der Waals surface area contributed by atoms with Gasteiger partial charge in [0.05, 0.1) is 5.60 Å². The number of ether oxygens (including phenoxy) is 1. The van der Waals surface area contributed by atoms with E-state index in [9.17, 15) is 0 Å². The molecule has 2 nitrogen and oxygen atoms in total. The van der Waals surface area contributed by atoms with Gasteiger partial charge in [0.1, 0.15) is 0 Å². The summed E-state index contributed by atoms with van der Waals surface area (Å²) in [5.74, 6) is 4.72. The Kier molecular flexibility index (Phi) is 6.23. The smallest absolute Gasteiger partial charge is 0.0701 e. The minimum atomic E-state index is 0.237. The average molecular weight is 330 g/mol. The summed E-state index contributed by atoms with van der Waals surface area (Å²) < 4.78 is 6.26. The minimum absolute atomic E-state index is 0.237. The Morgan fingerprint density at radius 2 is 2.00 bits per heavy atom. The van der Waals surface area contributed by atoms with Crippen molar-refractivity contribution in [3.8, 4) is 0 Å². The third kappa shape index (κ3) is 4.33. The summed E-state index contributed by atoms with van der Waals surface area (Å²) in [6.45, 7) is 0.988. The number of hydrogen-bond donors (Lipinski definition) is 1. The van der Waals surface area contributed by atoms with Crippen molar-refractivity contribution >= 4 is 23.5 Å². The molecule has 122 valence electrons. The Hall–Kier alpha value is 0.620. The molecule has 2 saturated heterocycles. The molecule has 1 spiro atoms. The van der Waals surface area contributed by atoms with Crippen LogP contribution in [0.3, 0.4) is 0 Å². The summed E-state index contributed by atoms with van der Waals surface area (Å²) >= 11 is 4.34. The maximum absolute atomic E-state index is 6.26. The van der Waals surface area contributed by atoms with Crippen LogP contribution in [0.2, 0.25) is 0 Å². The number of rotatable bonds is 5. The van der Waals surface area contributed by atoms with Gasteiger partial charge in [-0.3, -0.25) is 0 Å². The van der Waals surface area contributed by atoms with Crippen molar-refractivity contribution in [2.45, 2.75) is 68.3 Å². The van der Waals surface area contributed by atoms with E-state index in [1.807, 2.05) is 0 Å². The number of hydrogen-bond acceptors (Lipinski definition) is 4. The van der Waals surface area contributed by atoms with Gasteiger partial charge >= 0.3 is 0 Å². The molecule has 3 fully saturated rings. The zero-order valence-electron chi connectivity index (χ0n) is 13.4. The summed E-state index contributed by atoms with van der Waals surface area (Å²) in [5.41, 5.74) is 0.237. The fourth-order valence-electron chi connectivity index (χ4n) is 4.25. The number of nitrogens with one attached hydrogen (secondary N) is 1. The van der Waals surface area contributed by atoms with Gasteiger partial charge < -0.3 is 10.1 Å². The Morgan fingerprint density at radius 3 is 2.71 bits per heavy atom. The zero-order valence-corrected chi connectivity index (χ0v) is 15.1. The van der Waals surface area contributed by atoms with E-state index in [0.717, 1.165) is 17.8 Å². The van der Waals surface area contributed by atoms with Gasteiger partial charge in [0.25, 0.3) is 0 Å². The summed E-state index contributed by atoms with van der Waals surface area (Å²) in [6, 6.07) is 0.686. The molecule has 0 amide bonds. The van der Waals surface area contributed by atoms with Crippen molar-refractivity contribution in [3.05, 3.63) is 0 Å². The first-order valence-corrected chi connectivity index (χ1v) is 11.0. The van der Waals surface area contributed by atoms with Crippen molar-refractivity contribution < 1.29 is 4.74 Å². The molecule has 2 unspecified atom stereocenters. The van der Waals surface area contributed by atoms with E-state index < -0.39 is 0 Å². The lowest BCUT2D eigenvalue weighted by Crippen LogP contribution is -2.48. The Morgan fingerprint density at radius 1 is 1.24 bits per heavy atom. The van der Waals surface area contributed by atoms with E-state index in [4.69, 9.17) is 4.74 Å². The molecule has 3 rings (SSSR count). The lowest BCUT2D eigenvalue weighted by atomic mass is 9.79. The van der Waals surface area contributed by atoms with Crippen LogP contribution in [-0.2, 0) is 4.74 Å². The molecule has 2 heterocycles. The van der Waals surface area contributed by atoms with E-state index in [0.29, 0.717) is 6.04 Å². The fourth-order valence-corrected chi connectivity index (χ4v) is 7.07. The first-order valence-electron chi connectivity index (χ1n) is 8.82. The molecule has 1 aliphatic carbocycles. The highest BCUT2D eigenvalue weighted by molar-refractivity contribution is 8.00. The van der Waals surface area contributed by atoms with Gasteiger partial charge in [-0.1, -0.05) is 12.8 Å². The second-order valence-corrected chi connectivity index (χ2v) is 9.59. The van der Waals surface area contributed by atoms with Crippen LogP contribution in [0.5, 0.6) is 0 Å². The lowest BCUT2D eigenvalue weighted by Gasteiger charge is -2.45. The summed E-state index contributed by atoms with van der Waals surface area (Å²) in [4.78, 5) is 0. The predicted octanol–water partition coefficient (Wildman–Crippen LogP) is 3.94. The minimum Gasteiger partial charge on any atom is -0.375 e. The quantitative estimate of drug-likeness (QED) is 0.824. The molecule has 3 aliphatic rings. The van der Waals surface area contributed by atoms with Crippen LogP contribution >= 0.6 is 23.5 Å². The molecule has 4 heteroatoms.